The second-order valence-corrected chi connectivity index (χ2v) is 7.23. The number of aryl methyl sites for hydroxylation is 2. The van der Waals surface area contributed by atoms with Crippen LogP contribution in [0.2, 0.25) is 0 Å². The molecule has 0 unspecified atom stereocenters. The number of hydrogen-bond donors (Lipinski definition) is 1. The van der Waals surface area contributed by atoms with Crippen LogP contribution in [0.4, 0.5) is 0 Å². The molecule has 1 aliphatic heterocycles. The number of nitrogens with zero attached hydrogens (tertiary/aromatic N) is 1. The summed E-state index contributed by atoms with van der Waals surface area (Å²) in [6, 6.07) is 4.43. The highest BCUT2D eigenvalue weighted by molar-refractivity contribution is 7.89. The molecule has 1 N–H and O–H groups in total. The van der Waals surface area contributed by atoms with Crippen molar-refractivity contribution in [1.82, 2.24) is 9.62 Å². The molecule has 0 aromatic heterocycles. The Bertz CT molecular complexity index is 652. The number of hydrogen-bond acceptors (Lipinski definition) is 4. The third kappa shape index (κ3) is 3.85. The van der Waals surface area contributed by atoms with Crippen LogP contribution < -0.4 is 4.72 Å². The Morgan fingerprint density at radius 2 is 1.91 bits per heavy atom. The van der Waals surface area contributed by atoms with E-state index in [0.29, 0.717) is 31.9 Å². The van der Waals surface area contributed by atoms with Gasteiger partial charge in [-0.3, -0.25) is 4.79 Å². The summed E-state index contributed by atoms with van der Waals surface area (Å²) in [7, 11) is -3.73. The normalized spacial score (nSPS) is 17.3. The number of nitrogens with one attached hydrogen (secondary N) is 1. The van der Waals surface area contributed by atoms with Gasteiger partial charge < -0.3 is 9.64 Å². The Balaban J connectivity index is 2.13. The Labute approximate surface area is 131 Å². The number of rotatable bonds is 4. The van der Waals surface area contributed by atoms with E-state index in [0.717, 1.165) is 5.56 Å². The van der Waals surface area contributed by atoms with Crippen LogP contribution in [0.15, 0.2) is 23.1 Å². The van der Waals surface area contributed by atoms with Crippen LogP contribution in [0.5, 0.6) is 0 Å². The summed E-state index contributed by atoms with van der Waals surface area (Å²) in [5.41, 5.74) is 1.52. The van der Waals surface area contributed by atoms with Crippen LogP contribution in [0.3, 0.4) is 0 Å². The molecule has 22 heavy (non-hydrogen) atoms. The van der Waals surface area contributed by atoms with Gasteiger partial charge in [-0.1, -0.05) is 12.1 Å². The number of ether oxygens (including phenoxy) is 1. The lowest BCUT2D eigenvalue weighted by Gasteiger charge is -2.29. The second-order valence-electron chi connectivity index (χ2n) is 5.55. The Hall–Kier alpha value is -1.44. The van der Waals surface area contributed by atoms with Crippen LogP contribution in [0.1, 0.15) is 18.1 Å². The lowest BCUT2D eigenvalue weighted by molar-refractivity contribution is -0.136. The smallest absolute Gasteiger partial charge is 0.241 e. The van der Waals surface area contributed by atoms with Crippen LogP contribution >= 0.6 is 0 Å². The molecule has 1 saturated heterocycles. The predicted octanol–water partition coefficient (Wildman–Crippen LogP) is 0.829. The first-order chi connectivity index (χ1) is 10.3. The van der Waals surface area contributed by atoms with Gasteiger partial charge >= 0.3 is 0 Å². The number of amides is 1. The van der Waals surface area contributed by atoms with Gasteiger partial charge in [0.15, 0.2) is 0 Å². The number of carbonyl (C=O) groups excluding carboxylic acids is 1. The predicted molar refractivity (Wildman–Crippen MR) is 83.1 cm³/mol. The van der Waals surface area contributed by atoms with Crippen LogP contribution in [0.25, 0.3) is 0 Å². The molecule has 1 fully saturated rings. The van der Waals surface area contributed by atoms with Gasteiger partial charge in [-0.25, -0.2) is 8.42 Å². The lowest BCUT2D eigenvalue weighted by Crippen LogP contribution is -2.50. The number of carbonyl (C=O) groups is 1. The van der Waals surface area contributed by atoms with Crippen molar-refractivity contribution in [2.24, 2.45) is 0 Å². The highest BCUT2D eigenvalue weighted by Crippen LogP contribution is 2.17. The van der Waals surface area contributed by atoms with E-state index in [9.17, 15) is 13.2 Å². The topological polar surface area (TPSA) is 75.7 Å². The van der Waals surface area contributed by atoms with Gasteiger partial charge in [0.1, 0.15) is 0 Å². The molecule has 1 amide bonds. The van der Waals surface area contributed by atoms with E-state index in [1.54, 1.807) is 30.9 Å². The van der Waals surface area contributed by atoms with Crippen LogP contribution in [0, 0.1) is 13.8 Å². The largest absolute Gasteiger partial charge is 0.378 e. The van der Waals surface area contributed by atoms with Crippen molar-refractivity contribution in [2.45, 2.75) is 31.7 Å². The van der Waals surface area contributed by atoms with E-state index in [-0.39, 0.29) is 10.8 Å². The molecule has 1 aromatic carbocycles. The summed E-state index contributed by atoms with van der Waals surface area (Å²) in [6.07, 6.45) is 0. The average molecular weight is 326 g/mol. The maximum atomic E-state index is 12.5. The zero-order chi connectivity index (χ0) is 16.3. The van der Waals surface area contributed by atoms with Crippen molar-refractivity contribution in [3.63, 3.8) is 0 Å². The molecule has 1 atom stereocenters. The molecule has 7 heteroatoms. The minimum Gasteiger partial charge on any atom is -0.378 e. The summed E-state index contributed by atoms with van der Waals surface area (Å²) in [4.78, 5) is 14.1. The van der Waals surface area contributed by atoms with Gasteiger partial charge in [-0.2, -0.15) is 4.72 Å². The minimum absolute atomic E-state index is 0.217. The Kier molecular flexibility index (Phi) is 5.20. The quantitative estimate of drug-likeness (QED) is 0.889. The fourth-order valence-corrected chi connectivity index (χ4v) is 3.93. The third-order valence-electron chi connectivity index (χ3n) is 3.66. The summed E-state index contributed by atoms with van der Waals surface area (Å²) >= 11 is 0. The molecule has 122 valence electrons. The van der Waals surface area contributed by atoms with Gasteiger partial charge in [0.2, 0.25) is 15.9 Å². The maximum absolute atomic E-state index is 12.5. The minimum atomic E-state index is -3.73. The zero-order valence-corrected chi connectivity index (χ0v) is 13.9. The van der Waals surface area contributed by atoms with Crippen molar-refractivity contribution < 1.29 is 17.9 Å². The number of benzene rings is 1. The van der Waals surface area contributed by atoms with Crippen molar-refractivity contribution in [1.29, 1.82) is 0 Å². The van der Waals surface area contributed by atoms with Crippen LogP contribution in [-0.4, -0.2) is 51.6 Å². The van der Waals surface area contributed by atoms with Crippen molar-refractivity contribution in [3.05, 3.63) is 29.3 Å². The Morgan fingerprint density at radius 1 is 1.27 bits per heavy atom. The molecule has 0 spiro atoms. The summed E-state index contributed by atoms with van der Waals surface area (Å²) < 4.78 is 32.7. The number of sulfonamides is 1. The molecule has 1 aromatic rings. The van der Waals surface area contributed by atoms with Crippen LogP contribution in [-0.2, 0) is 19.6 Å². The summed E-state index contributed by atoms with van der Waals surface area (Å²) in [5.74, 6) is -0.225. The molecular formula is C15H22N2O4S. The summed E-state index contributed by atoms with van der Waals surface area (Å²) in [6.45, 7) is 7.11. The lowest BCUT2D eigenvalue weighted by atomic mass is 10.2. The first kappa shape index (κ1) is 16.9. The molecule has 2 rings (SSSR count). The fourth-order valence-electron chi connectivity index (χ4n) is 2.40. The van der Waals surface area contributed by atoms with E-state index < -0.39 is 16.1 Å². The van der Waals surface area contributed by atoms with Gasteiger partial charge in [0.25, 0.3) is 0 Å². The molecule has 0 radical (unpaired) electrons. The Morgan fingerprint density at radius 3 is 2.55 bits per heavy atom. The van der Waals surface area contributed by atoms with Crippen molar-refractivity contribution in [3.8, 4) is 0 Å². The van der Waals surface area contributed by atoms with E-state index >= 15 is 0 Å². The van der Waals surface area contributed by atoms with E-state index in [1.807, 2.05) is 13.0 Å². The first-order valence-electron chi connectivity index (χ1n) is 7.27. The highest BCUT2D eigenvalue weighted by Gasteiger charge is 2.27. The van der Waals surface area contributed by atoms with Gasteiger partial charge in [0.05, 0.1) is 24.2 Å². The number of morpholine rings is 1. The molecule has 0 aliphatic carbocycles. The van der Waals surface area contributed by atoms with Crippen molar-refractivity contribution >= 4 is 15.9 Å². The van der Waals surface area contributed by atoms with E-state index in [4.69, 9.17) is 4.74 Å². The monoisotopic (exact) mass is 326 g/mol. The van der Waals surface area contributed by atoms with Gasteiger partial charge in [-0.05, 0) is 38.0 Å². The second kappa shape index (κ2) is 6.76. The van der Waals surface area contributed by atoms with Crippen molar-refractivity contribution in [2.75, 3.05) is 26.3 Å². The standard InChI is InChI=1S/C15H22N2O4S/c1-11-4-5-12(2)14(10-11)22(19,20)16-13(3)15(18)17-6-8-21-9-7-17/h4-5,10,13,16H,6-9H2,1-3H3/t13-/m0/s1. The van der Waals surface area contributed by atoms with Gasteiger partial charge in [0, 0.05) is 13.1 Å². The third-order valence-corrected chi connectivity index (χ3v) is 5.34. The van der Waals surface area contributed by atoms with E-state index in [2.05, 4.69) is 4.72 Å². The molecule has 6 nitrogen and oxygen atoms in total. The average Bonchev–Trinajstić information content (AvgIpc) is 2.49. The highest BCUT2D eigenvalue weighted by atomic mass is 32.2. The first-order valence-corrected chi connectivity index (χ1v) is 8.76. The summed E-state index contributed by atoms with van der Waals surface area (Å²) in [5, 5.41) is 0. The zero-order valence-electron chi connectivity index (χ0n) is 13.1. The molecule has 1 heterocycles. The molecular weight excluding hydrogens is 304 g/mol. The molecule has 0 bridgehead atoms. The SMILES string of the molecule is Cc1ccc(C)c(S(=O)(=O)N[C@@H](C)C(=O)N2CCOCC2)c1. The fraction of sp³-hybridized carbons (Fsp3) is 0.533. The maximum Gasteiger partial charge on any atom is 0.241 e. The molecule has 1 aliphatic rings. The van der Waals surface area contributed by atoms with E-state index in [1.165, 1.54) is 0 Å². The van der Waals surface area contributed by atoms with Gasteiger partial charge in [-0.15, -0.1) is 0 Å². The molecule has 0 saturated carbocycles.